The van der Waals surface area contributed by atoms with Crippen LogP contribution in [0.15, 0.2) is 51.3 Å². The minimum Gasteiger partial charge on any atom is -0.506 e. The van der Waals surface area contributed by atoms with Crippen molar-refractivity contribution in [2.24, 2.45) is 5.10 Å². The van der Waals surface area contributed by atoms with Gasteiger partial charge in [-0.2, -0.15) is 21.9 Å². The summed E-state index contributed by atoms with van der Waals surface area (Å²) >= 11 is 0. The fraction of sp³-hybridized carbons (Fsp3) is 0.111. The zero-order valence-corrected chi connectivity index (χ0v) is 21.0. The van der Waals surface area contributed by atoms with Crippen molar-refractivity contribution in [3.63, 3.8) is 0 Å². The van der Waals surface area contributed by atoms with Gasteiger partial charge in [-0.25, -0.2) is 12.6 Å². The standard InChI is InChI=1S/C18H17N3O11S3.Cu/c19-11-1-3-13-10(7-11)8-16(34(26,27)28)17(18(13)23)21-20-14-9-12(2-4-15(14)22)33(24,25)6-5-32-35(29,30)31;/h1-4,7-9,20,22H,5-6,19H2,(H,26,27,28)(H,29,30,31);/p+2. The number of anilines is 2. The maximum absolute atomic E-state index is 12.8. The Morgan fingerprint density at radius 2 is 1.69 bits per heavy atom. The summed E-state index contributed by atoms with van der Waals surface area (Å²) in [7, 11) is -14.0. The number of phenols is 1. The Labute approximate surface area is 218 Å². The second-order valence-electron chi connectivity index (χ2n) is 6.98. The van der Waals surface area contributed by atoms with Crippen molar-refractivity contribution in [1.29, 1.82) is 0 Å². The molecule has 0 amide bonds. The maximum atomic E-state index is 12.8. The van der Waals surface area contributed by atoms with Crippen LogP contribution in [0.1, 0.15) is 18.8 Å². The van der Waals surface area contributed by atoms with E-state index in [4.69, 9.17) is 10.3 Å². The summed E-state index contributed by atoms with van der Waals surface area (Å²) < 4.78 is 91.8. The average molecular weight is 613 g/mol. The van der Waals surface area contributed by atoms with E-state index >= 15 is 0 Å². The van der Waals surface area contributed by atoms with Crippen LogP contribution < -0.4 is 11.2 Å². The number of ketones is 1. The molecule has 0 unspecified atom stereocenters. The number of aromatic hydroxyl groups is 1. The number of sulfone groups is 1. The number of rotatable bonds is 8. The van der Waals surface area contributed by atoms with Gasteiger partial charge < -0.3 is 10.8 Å². The molecule has 0 aromatic heterocycles. The normalized spacial score (nSPS) is 15.1. The minimum atomic E-state index is -4.94. The Kier molecular flexibility index (Phi) is 8.70. The topological polar surface area (TPSA) is 240 Å². The van der Waals surface area contributed by atoms with Crippen molar-refractivity contribution in [2.75, 3.05) is 23.5 Å². The van der Waals surface area contributed by atoms with Crippen LogP contribution in [-0.4, -0.2) is 63.3 Å². The number of nitrogens with two attached hydrogens (primary N) is 1. The molecule has 18 heteroatoms. The molecular weight excluding hydrogens is 594 g/mol. The molecule has 1 aliphatic carbocycles. The van der Waals surface area contributed by atoms with Crippen LogP contribution in [0.5, 0.6) is 5.75 Å². The predicted molar refractivity (Wildman–Crippen MR) is 126 cm³/mol. The predicted octanol–water partition coefficient (Wildman–Crippen LogP) is 0.683. The molecule has 0 heterocycles. The molecule has 14 nitrogen and oxygen atoms in total. The molecule has 0 saturated heterocycles. The Morgan fingerprint density at radius 1 is 1.03 bits per heavy atom. The third-order valence-electron chi connectivity index (χ3n) is 4.53. The first-order chi connectivity index (χ1) is 16.1. The van der Waals surface area contributed by atoms with Gasteiger partial charge in [0.25, 0.3) is 10.1 Å². The fourth-order valence-electron chi connectivity index (χ4n) is 2.94. The van der Waals surface area contributed by atoms with E-state index in [2.05, 4.69) is 14.7 Å². The molecule has 0 aliphatic heterocycles. The number of phenolic OH excluding ortho intramolecular Hbond substituents is 1. The van der Waals surface area contributed by atoms with Crippen LogP contribution in [0.2, 0.25) is 0 Å². The number of benzene rings is 2. The van der Waals surface area contributed by atoms with Crippen molar-refractivity contribution in [3.05, 3.63) is 52.4 Å². The molecule has 2 aromatic carbocycles. The Bertz CT molecular complexity index is 1610. The number of allylic oxidation sites excluding steroid dienone is 1. The van der Waals surface area contributed by atoms with Gasteiger partial charge in [-0.15, -0.1) is 0 Å². The second kappa shape index (κ2) is 10.7. The van der Waals surface area contributed by atoms with Gasteiger partial charge in [-0.1, -0.05) is 0 Å². The van der Waals surface area contributed by atoms with Crippen molar-refractivity contribution >= 4 is 59.3 Å². The van der Waals surface area contributed by atoms with Crippen molar-refractivity contribution < 1.29 is 68.4 Å². The molecule has 1 radical (unpaired) electrons. The summed E-state index contributed by atoms with van der Waals surface area (Å²) in [6, 6.07) is 6.82. The van der Waals surface area contributed by atoms with E-state index in [0.717, 1.165) is 24.3 Å². The zero-order chi connectivity index (χ0) is 26.2. The molecule has 3 rings (SSSR count). The summed E-state index contributed by atoms with van der Waals surface area (Å²) in [5, 5.41) is 13.7. The molecule has 0 atom stereocenters. The number of fused-ring (bicyclic) bond motifs is 1. The van der Waals surface area contributed by atoms with Gasteiger partial charge in [-0.05, 0) is 48.0 Å². The van der Waals surface area contributed by atoms with Gasteiger partial charge in [0.15, 0.2) is 15.5 Å². The second-order valence-corrected chi connectivity index (χ2v) is 11.6. The molecule has 36 heavy (non-hydrogen) atoms. The van der Waals surface area contributed by atoms with Gasteiger partial charge in [0.05, 0.1) is 22.9 Å². The number of nitrogens with one attached hydrogen (secondary N) is 1. The van der Waals surface area contributed by atoms with Crippen LogP contribution >= 0.6 is 0 Å². The van der Waals surface area contributed by atoms with Crippen LogP contribution in [0.25, 0.3) is 6.08 Å². The molecule has 0 spiro atoms. The van der Waals surface area contributed by atoms with E-state index in [1.165, 1.54) is 18.2 Å². The van der Waals surface area contributed by atoms with Crippen molar-refractivity contribution in [3.8, 4) is 5.75 Å². The fourth-order valence-corrected chi connectivity index (χ4v) is 5.11. The summed E-state index contributed by atoms with van der Waals surface area (Å²) in [6.07, 6.45) is 0.971. The Balaban J connectivity index is 0.00000456. The maximum Gasteiger partial charge on any atom is 1.00 e. The van der Waals surface area contributed by atoms with E-state index in [-0.39, 0.29) is 42.4 Å². The van der Waals surface area contributed by atoms with Crippen LogP contribution in [-0.2, 0) is 51.6 Å². The number of nitrogens with zero attached hydrogens (tertiary/aromatic N) is 1. The molecule has 0 fully saturated rings. The van der Waals surface area contributed by atoms with E-state index in [1.807, 2.05) is 0 Å². The number of hydrogen-bond donors (Lipinski definition) is 5. The third kappa shape index (κ3) is 6.89. The van der Waals surface area contributed by atoms with Crippen LogP contribution in [0, 0.1) is 0 Å². The molecule has 0 saturated carbocycles. The molecule has 0 bridgehead atoms. The van der Waals surface area contributed by atoms with Crippen molar-refractivity contribution in [1.82, 2.24) is 0 Å². The summed E-state index contributed by atoms with van der Waals surface area (Å²) in [5.74, 6) is -2.32. The minimum absolute atomic E-state index is 0. The van der Waals surface area contributed by atoms with Crippen molar-refractivity contribution in [2.45, 2.75) is 4.90 Å². The smallest absolute Gasteiger partial charge is 0.506 e. The molecule has 199 valence electrons. The third-order valence-corrected chi connectivity index (χ3v) is 7.54. The zero-order valence-electron chi connectivity index (χ0n) is 19.6. The average Bonchev–Trinajstić information content (AvgIpc) is 2.71. The van der Waals surface area contributed by atoms with Gasteiger partial charge in [0, 0.05) is 28.3 Å². The van der Waals surface area contributed by atoms with Gasteiger partial charge in [0.2, 0.25) is 5.78 Å². The van der Waals surface area contributed by atoms with E-state index < -0.39 is 69.8 Å². The summed E-state index contributed by atoms with van der Waals surface area (Å²) in [4.78, 5) is 11.6. The molecular formula is C18H19CuN3O11S3+2. The first-order valence-electron chi connectivity index (χ1n) is 9.23. The largest absolute Gasteiger partial charge is 1.00 e. The quantitative estimate of drug-likeness (QED) is 0.0906. The van der Waals surface area contributed by atoms with Gasteiger partial charge in [0.1, 0.15) is 10.7 Å². The number of carbonyl (C=O) groups is 1. The Hall–Kier alpha value is -2.83. The van der Waals surface area contributed by atoms with Crippen LogP contribution in [0.4, 0.5) is 11.4 Å². The van der Waals surface area contributed by atoms with E-state index in [1.54, 1.807) is 0 Å². The monoisotopic (exact) mass is 612 g/mol. The number of nitrogen functional groups attached to an aromatic ring is 1. The molecule has 2 aromatic rings. The number of hydrazone groups is 1. The Morgan fingerprint density at radius 3 is 2.31 bits per heavy atom. The van der Waals surface area contributed by atoms with Gasteiger partial charge in [-0.3, -0.25) is 19.3 Å². The number of carbonyl (C=O) groups excluding carboxylic acids is 1. The first-order valence-corrected chi connectivity index (χ1v) is 13.7. The number of Topliss-reactive ketones (excluding diaryl/α,β-unsaturated/α-hetero) is 1. The first kappa shape index (κ1) is 29.4. The number of hydrogen-bond acceptors (Lipinski definition) is 12. The van der Waals surface area contributed by atoms with E-state index in [0.29, 0.717) is 0 Å². The SMILES string of the molecule is Nc1ccc2c(c1)C=C(S(=O)(=O)O)C(=NNc1cc(S(=O)(=O)CCOS(=O)(=O)O)ccc1O)C2=O.[Cu].[H+].[H+]. The van der Waals surface area contributed by atoms with Crippen LogP contribution in [0.3, 0.4) is 0 Å². The molecule has 6 N–H and O–H groups in total. The summed E-state index contributed by atoms with van der Waals surface area (Å²) in [5.41, 5.74) is 7.08. The van der Waals surface area contributed by atoms with E-state index in [9.17, 15) is 39.7 Å². The molecule has 1 aliphatic rings. The summed E-state index contributed by atoms with van der Waals surface area (Å²) in [6.45, 7) is -0.895. The van der Waals surface area contributed by atoms with Gasteiger partial charge >= 0.3 is 13.3 Å².